The summed E-state index contributed by atoms with van der Waals surface area (Å²) in [6.45, 7) is 49.3. The van der Waals surface area contributed by atoms with Gasteiger partial charge in [0.25, 0.3) is 0 Å². The number of hydrogen-bond donors (Lipinski definition) is 0. The molecule has 0 N–H and O–H groups in total. The summed E-state index contributed by atoms with van der Waals surface area (Å²) >= 11 is 0. The van der Waals surface area contributed by atoms with Crippen molar-refractivity contribution in [2.45, 2.75) is 237 Å². The van der Waals surface area contributed by atoms with Gasteiger partial charge in [-0.25, -0.2) is 22.8 Å². The van der Waals surface area contributed by atoms with E-state index in [1.54, 1.807) is 47.2 Å². The molecule has 10 rings (SSSR count). The summed E-state index contributed by atoms with van der Waals surface area (Å²) in [5.41, 5.74) is 27.4. The zero-order chi connectivity index (χ0) is 88.3. The van der Waals surface area contributed by atoms with Gasteiger partial charge in [-0.15, -0.1) is 0 Å². The van der Waals surface area contributed by atoms with Crippen LogP contribution in [0.25, 0.3) is 56.3 Å². The third-order valence-corrected chi connectivity index (χ3v) is 18.5. The molecule has 0 saturated carbocycles. The Labute approximate surface area is 651 Å². The first-order chi connectivity index (χ1) is 52.8. The molecular formula is C99H138N5+5. The second-order valence-electron chi connectivity index (χ2n) is 34.5. The average Bonchev–Trinajstić information content (AvgIpc) is 0.734. The maximum Gasteiger partial charge on any atom is 0.212 e. The van der Waals surface area contributed by atoms with Crippen molar-refractivity contribution < 1.29 is 39.3 Å². The highest BCUT2D eigenvalue weighted by Gasteiger charge is 2.27. The first kappa shape index (κ1) is 67.7. The van der Waals surface area contributed by atoms with Crippen molar-refractivity contribution in [3.05, 3.63) is 265 Å². The van der Waals surface area contributed by atoms with Crippen molar-refractivity contribution in [2.24, 2.45) is 56.9 Å². The van der Waals surface area contributed by atoms with E-state index < -0.39 is 49.1 Å². The molecule has 5 nitrogen and oxygen atoms in total. The summed E-state index contributed by atoms with van der Waals surface area (Å²) in [6, 6.07) is 46.8. The summed E-state index contributed by atoms with van der Waals surface area (Å²) in [7, 11) is 10.1. The van der Waals surface area contributed by atoms with E-state index in [1.165, 1.54) is 83.8 Å². The van der Waals surface area contributed by atoms with Crippen LogP contribution in [0.4, 0.5) is 0 Å². The monoisotopic (exact) mass is 1410 g/mol. The number of nitrogens with zero attached hydrogens (tertiary/aromatic N) is 5. The fraction of sp³-hybridized carbons (Fsp3) is 0.444. The van der Waals surface area contributed by atoms with Crippen LogP contribution < -0.4 is 22.8 Å². The molecule has 0 aliphatic carbocycles. The number of benzene rings is 5. The van der Waals surface area contributed by atoms with Gasteiger partial charge < -0.3 is 0 Å². The largest absolute Gasteiger partial charge is 0.212 e. The molecule has 0 fully saturated rings. The van der Waals surface area contributed by atoms with Crippen LogP contribution in [0.3, 0.4) is 0 Å². The Morgan fingerprint density at radius 1 is 0.317 bits per heavy atom. The van der Waals surface area contributed by atoms with Gasteiger partial charge >= 0.3 is 0 Å². The zero-order valence-electron chi connectivity index (χ0n) is 81.9. The molecule has 0 bridgehead atoms. The number of rotatable bonds is 12. The Morgan fingerprint density at radius 2 is 0.673 bits per heavy atom. The van der Waals surface area contributed by atoms with Gasteiger partial charge in [0, 0.05) is 102 Å². The van der Waals surface area contributed by atoms with Gasteiger partial charge in [-0.3, -0.25) is 0 Å². The maximum atomic E-state index is 8.96. The van der Waals surface area contributed by atoms with Crippen LogP contribution in [0.15, 0.2) is 171 Å². The van der Waals surface area contributed by atoms with Crippen molar-refractivity contribution >= 4 is 0 Å². The molecule has 0 saturated heterocycles. The number of aryl methyl sites for hydroxylation is 15. The van der Waals surface area contributed by atoms with Crippen LogP contribution >= 0.6 is 0 Å². The lowest BCUT2D eigenvalue weighted by molar-refractivity contribution is -0.661. The molecule has 10 aromatic rings. The highest BCUT2D eigenvalue weighted by molar-refractivity contribution is 5.66. The molecule has 0 radical (unpaired) electrons. The predicted octanol–water partition coefficient (Wildman–Crippen LogP) is 23.7. The Hall–Kier alpha value is -8.15. The SMILES string of the molecule is Cc1ccc(-c2cc(CC(C)(C)C)c(CC(C)(C)C)c[n+]2C)c(C)c1.Cc1ccc(-c2ccc(C(C)C)c[n+]2C)c(C)c1.[2H]C(C)(C)c1c[n+](C)c(-c2ccccc2C)cc1C.[2H]C([2H])([2H])c1ccc(-c2cc(C([2H])([2H])C(C)(C)C)c(C([2H])([2H])C(C)(C)C)c[n+]2C)c(C)c1.[2H]C([2H])([2H])c1ccc(-c2ccc(C([2H])(C)C)c[n+]2C)c(C)c1. The lowest BCUT2D eigenvalue weighted by atomic mass is 9.81. The average molecular weight is 1410 g/mol. The van der Waals surface area contributed by atoms with Crippen LogP contribution in [-0.2, 0) is 60.8 Å². The zero-order valence-corrected chi connectivity index (χ0v) is 69.9. The molecule has 5 heterocycles. The van der Waals surface area contributed by atoms with Gasteiger partial charge in [-0.2, -0.15) is 0 Å². The Kier molecular flexibility index (Phi) is 23.3. The minimum atomic E-state index is -2.20. The van der Waals surface area contributed by atoms with Gasteiger partial charge in [0.2, 0.25) is 28.5 Å². The Balaban J connectivity index is 0.000000229. The number of aromatic nitrogens is 5. The molecule has 5 aromatic heterocycles. The smallest absolute Gasteiger partial charge is 0.201 e. The minimum Gasteiger partial charge on any atom is -0.201 e. The number of hydrogen-bond acceptors (Lipinski definition) is 0. The molecule has 554 valence electrons. The normalized spacial score (nSPS) is 14.2. The third-order valence-electron chi connectivity index (χ3n) is 18.5. The minimum absolute atomic E-state index is 0.257. The summed E-state index contributed by atoms with van der Waals surface area (Å²) in [4.78, 5) is 0. The second-order valence-corrected chi connectivity index (χ2v) is 34.5. The Morgan fingerprint density at radius 3 is 1.08 bits per heavy atom. The molecule has 0 amide bonds. The summed E-state index contributed by atoms with van der Waals surface area (Å²) in [6.07, 6.45) is 8.96. The fourth-order valence-electron chi connectivity index (χ4n) is 13.3. The summed E-state index contributed by atoms with van der Waals surface area (Å²) < 4.78 is 108. The van der Waals surface area contributed by atoms with Crippen molar-refractivity contribution in [1.29, 1.82) is 0 Å². The maximum absolute atomic E-state index is 8.96. The van der Waals surface area contributed by atoms with Crippen LogP contribution in [0, 0.1) is 90.8 Å². The summed E-state index contributed by atoms with van der Waals surface area (Å²) in [5.74, 6) is -0.632. The van der Waals surface area contributed by atoms with E-state index in [0.717, 1.165) is 51.9 Å². The topological polar surface area (TPSA) is 19.4 Å². The van der Waals surface area contributed by atoms with Gasteiger partial charge in [-0.1, -0.05) is 214 Å². The van der Waals surface area contributed by atoms with Gasteiger partial charge in [0.1, 0.15) is 35.2 Å². The van der Waals surface area contributed by atoms with E-state index in [-0.39, 0.29) is 11.0 Å². The molecule has 0 atom stereocenters. The van der Waals surface area contributed by atoms with Crippen LogP contribution in [0.5, 0.6) is 0 Å². The van der Waals surface area contributed by atoms with Crippen molar-refractivity contribution in [1.82, 2.24) is 0 Å². The van der Waals surface area contributed by atoms with E-state index in [2.05, 4.69) is 235 Å². The van der Waals surface area contributed by atoms with Gasteiger partial charge in [-0.05, 0) is 221 Å². The van der Waals surface area contributed by atoms with Crippen molar-refractivity contribution in [3.63, 3.8) is 0 Å². The Bertz CT molecular complexity index is 5050. The van der Waals surface area contributed by atoms with Crippen molar-refractivity contribution in [2.75, 3.05) is 0 Å². The van der Waals surface area contributed by atoms with Crippen LogP contribution in [0.2, 0.25) is 0 Å². The second kappa shape index (κ2) is 35.8. The highest BCUT2D eigenvalue weighted by Crippen LogP contribution is 2.34. The highest BCUT2D eigenvalue weighted by atomic mass is 14.9. The quantitative estimate of drug-likeness (QED) is 0.109. The first-order valence-electron chi connectivity index (χ1n) is 43.3. The van der Waals surface area contributed by atoms with E-state index in [1.807, 2.05) is 126 Å². The van der Waals surface area contributed by atoms with E-state index in [0.29, 0.717) is 33.7 Å². The standard InChI is InChI=1S/2C24H36N.3C17H22N/c2*1-17-10-11-21(18(2)12-17)22-13-19(14-23(3,4)5)20(16-25(22)9)15-24(6,7)8;2*1-12(2)15-7-9-17(18(5)11-15)16-8-6-13(3)10-14(16)4;1-12(2)16-11-18(5)17(10-14(16)4)15-9-7-6-8-13(15)3/h2*10-13,16H,14-15H2,1-9H3;3*6-12H,1-5H3/q5*+1/i1D3,14D2,15D2;;3D3,12D;;12D. The van der Waals surface area contributed by atoms with Gasteiger partial charge in [0.05, 0.1) is 0 Å². The molecule has 0 aliphatic rings. The van der Waals surface area contributed by atoms with Crippen LogP contribution in [0.1, 0.15) is 253 Å². The third kappa shape index (κ3) is 24.7. The first-order valence-corrected chi connectivity index (χ1v) is 37.3. The summed E-state index contributed by atoms with van der Waals surface area (Å²) in [5, 5.41) is 0. The van der Waals surface area contributed by atoms with Crippen LogP contribution in [-0.4, -0.2) is 0 Å². The fourth-order valence-corrected chi connectivity index (χ4v) is 13.3. The molecule has 5 heteroatoms. The molecule has 5 aromatic carbocycles. The number of pyridine rings is 5. The van der Waals surface area contributed by atoms with E-state index in [4.69, 9.17) is 16.4 Å². The lowest BCUT2D eigenvalue weighted by Crippen LogP contribution is -2.33. The lowest BCUT2D eigenvalue weighted by Gasteiger charge is -2.24. The molecule has 104 heavy (non-hydrogen) atoms. The van der Waals surface area contributed by atoms with E-state index >= 15 is 0 Å². The molecule has 0 unspecified atom stereocenters. The predicted molar refractivity (Wildman–Crippen MR) is 448 cm³/mol. The molecule has 0 aliphatic heterocycles. The van der Waals surface area contributed by atoms with E-state index in [9.17, 15) is 0 Å². The van der Waals surface area contributed by atoms with Crippen molar-refractivity contribution in [3.8, 4) is 56.3 Å². The molecular weight excluding hydrogens is 1260 g/mol. The molecule has 0 spiro atoms. The van der Waals surface area contributed by atoms with Gasteiger partial charge in [0.15, 0.2) is 31.0 Å².